The number of ether oxygens (including phenoxy) is 1. The number of hydrogen-bond donors (Lipinski definition) is 0. The quantitative estimate of drug-likeness (QED) is 0.441. The minimum atomic E-state index is 0.619. The Kier molecular flexibility index (Phi) is 4.48. The van der Waals surface area contributed by atoms with Crippen molar-refractivity contribution in [1.29, 1.82) is 0 Å². The van der Waals surface area contributed by atoms with Crippen LogP contribution in [0.5, 0.6) is 5.75 Å². The highest BCUT2D eigenvalue weighted by molar-refractivity contribution is 5.84. The van der Waals surface area contributed by atoms with Gasteiger partial charge in [-0.05, 0) is 67.1 Å². The smallest absolute Gasteiger partial charge is 0.227 e. The van der Waals surface area contributed by atoms with Gasteiger partial charge in [0.2, 0.25) is 5.89 Å². The van der Waals surface area contributed by atoms with Crippen LogP contribution >= 0.6 is 0 Å². The summed E-state index contributed by atoms with van der Waals surface area (Å²) in [6, 6.07) is 23.5. The number of oxazole rings is 1. The fraction of sp³-hybridized carbons (Fsp3) is 0.0909. The van der Waals surface area contributed by atoms with E-state index in [2.05, 4.69) is 9.98 Å². The molecule has 1 aromatic heterocycles. The first-order valence-corrected chi connectivity index (χ1v) is 8.55. The molecule has 0 aliphatic carbocycles. The Morgan fingerprint density at radius 1 is 1.00 bits per heavy atom. The second-order valence-corrected chi connectivity index (χ2v) is 5.80. The van der Waals surface area contributed by atoms with E-state index in [-0.39, 0.29) is 0 Å². The zero-order valence-electron chi connectivity index (χ0n) is 14.4. The molecule has 4 rings (SSSR count). The van der Waals surface area contributed by atoms with Crippen LogP contribution in [0.4, 0.5) is 5.69 Å². The molecule has 0 radical (unpaired) electrons. The second-order valence-electron chi connectivity index (χ2n) is 5.80. The van der Waals surface area contributed by atoms with Crippen molar-refractivity contribution >= 4 is 23.0 Å². The van der Waals surface area contributed by atoms with Gasteiger partial charge in [-0.1, -0.05) is 18.2 Å². The lowest BCUT2D eigenvalue weighted by atomic mass is 10.2. The van der Waals surface area contributed by atoms with E-state index < -0.39 is 0 Å². The normalized spacial score (nSPS) is 11.3. The van der Waals surface area contributed by atoms with E-state index in [1.165, 1.54) is 0 Å². The first-order chi connectivity index (χ1) is 12.8. The SMILES string of the molecule is CCOc1ccc(C=Nc2ccc3oc(-c4ccccc4)nc3c2)cc1. The van der Waals surface area contributed by atoms with Crippen molar-refractivity contribution in [1.82, 2.24) is 4.98 Å². The van der Waals surface area contributed by atoms with Crippen LogP contribution < -0.4 is 4.74 Å². The largest absolute Gasteiger partial charge is 0.494 e. The maximum absolute atomic E-state index is 5.83. The zero-order valence-corrected chi connectivity index (χ0v) is 14.4. The highest BCUT2D eigenvalue weighted by Gasteiger charge is 2.08. The number of fused-ring (bicyclic) bond motifs is 1. The molecule has 0 N–H and O–H groups in total. The van der Waals surface area contributed by atoms with Gasteiger partial charge in [-0.25, -0.2) is 4.98 Å². The van der Waals surface area contributed by atoms with Crippen molar-refractivity contribution in [3.05, 3.63) is 78.4 Å². The molecule has 4 aromatic rings. The van der Waals surface area contributed by atoms with Gasteiger partial charge in [0.25, 0.3) is 0 Å². The fourth-order valence-corrected chi connectivity index (χ4v) is 2.67. The van der Waals surface area contributed by atoms with Gasteiger partial charge in [0.1, 0.15) is 11.3 Å². The van der Waals surface area contributed by atoms with Crippen molar-refractivity contribution in [2.45, 2.75) is 6.92 Å². The van der Waals surface area contributed by atoms with Gasteiger partial charge in [-0.2, -0.15) is 0 Å². The van der Waals surface area contributed by atoms with Gasteiger partial charge in [0, 0.05) is 11.8 Å². The third-order valence-electron chi connectivity index (χ3n) is 3.95. The Labute approximate surface area is 151 Å². The molecule has 0 aliphatic rings. The minimum Gasteiger partial charge on any atom is -0.494 e. The highest BCUT2D eigenvalue weighted by atomic mass is 16.5. The summed E-state index contributed by atoms with van der Waals surface area (Å²) in [5.41, 5.74) is 4.36. The summed E-state index contributed by atoms with van der Waals surface area (Å²) in [5, 5.41) is 0. The summed E-state index contributed by atoms with van der Waals surface area (Å²) in [7, 11) is 0. The van der Waals surface area contributed by atoms with Gasteiger partial charge in [0.15, 0.2) is 5.58 Å². The predicted molar refractivity (Wildman–Crippen MR) is 104 cm³/mol. The monoisotopic (exact) mass is 342 g/mol. The van der Waals surface area contributed by atoms with Gasteiger partial charge in [-0.3, -0.25) is 4.99 Å². The third kappa shape index (κ3) is 3.49. The van der Waals surface area contributed by atoms with Crippen LogP contribution in [0.2, 0.25) is 0 Å². The van der Waals surface area contributed by atoms with E-state index in [0.29, 0.717) is 12.5 Å². The van der Waals surface area contributed by atoms with Gasteiger partial charge in [0.05, 0.1) is 12.3 Å². The third-order valence-corrected chi connectivity index (χ3v) is 3.95. The molecule has 0 fully saturated rings. The highest BCUT2D eigenvalue weighted by Crippen LogP contribution is 2.27. The van der Waals surface area contributed by atoms with Gasteiger partial charge >= 0.3 is 0 Å². The molecule has 26 heavy (non-hydrogen) atoms. The standard InChI is InChI=1S/C22H18N2O2/c1-2-25-19-11-8-16(9-12-19)15-23-18-10-13-21-20(14-18)24-22(26-21)17-6-4-3-5-7-17/h3-15H,2H2,1H3. The fourth-order valence-electron chi connectivity index (χ4n) is 2.67. The summed E-state index contributed by atoms with van der Waals surface area (Å²) >= 11 is 0. The molecule has 0 spiro atoms. The van der Waals surface area contributed by atoms with Crippen molar-refractivity contribution in [2.75, 3.05) is 6.61 Å². The Bertz CT molecular complexity index is 1030. The lowest BCUT2D eigenvalue weighted by Crippen LogP contribution is -1.91. The Hall–Kier alpha value is -3.40. The molecule has 0 unspecified atom stereocenters. The molecule has 0 atom stereocenters. The van der Waals surface area contributed by atoms with Crippen LogP contribution in [-0.2, 0) is 0 Å². The average molecular weight is 342 g/mol. The summed E-state index contributed by atoms with van der Waals surface area (Å²) in [6.07, 6.45) is 1.83. The Balaban J connectivity index is 1.57. The summed E-state index contributed by atoms with van der Waals surface area (Å²) in [4.78, 5) is 9.11. The molecule has 3 aromatic carbocycles. The summed E-state index contributed by atoms with van der Waals surface area (Å²) in [6.45, 7) is 2.63. The van der Waals surface area contributed by atoms with Crippen LogP contribution in [0.1, 0.15) is 12.5 Å². The molecule has 4 heteroatoms. The van der Waals surface area contributed by atoms with E-state index in [4.69, 9.17) is 9.15 Å². The number of aromatic nitrogens is 1. The van der Waals surface area contributed by atoms with E-state index >= 15 is 0 Å². The van der Waals surface area contributed by atoms with Crippen LogP contribution in [0, 0.1) is 0 Å². The van der Waals surface area contributed by atoms with Gasteiger partial charge < -0.3 is 9.15 Å². The first kappa shape index (κ1) is 16.1. The molecule has 0 amide bonds. The van der Waals surface area contributed by atoms with Crippen molar-refractivity contribution < 1.29 is 9.15 Å². The maximum atomic E-state index is 5.83. The van der Waals surface area contributed by atoms with E-state index in [9.17, 15) is 0 Å². The van der Waals surface area contributed by atoms with E-state index in [0.717, 1.165) is 33.7 Å². The van der Waals surface area contributed by atoms with Crippen molar-refractivity contribution in [3.63, 3.8) is 0 Å². The summed E-state index contributed by atoms with van der Waals surface area (Å²) < 4.78 is 11.3. The second kappa shape index (κ2) is 7.23. The number of hydrogen-bond acceptors (Lipinski definition) is 4. The van der Waals surface area contributed by atoms with Crippen LogP contribution in [-0.4, -0.2) is 17.8 Å². The molecule has 0 aliphatic heterocycles. The van der Waals surface area contributed by atoms with Crippen LogP contribution in [0.25, 0.3) is 22.6 Å². The van der Waals surface area contributed by atoms with Crippen molar-refractivity contribution in [2.24, 2.45) is 4.99 Å². The lowest BCUT2D eigenvalue weighted by molar-refractivity contribution is 0.340. The average Bonchev–Trinajstić information content (AvgIpc) is 3.12. The Morgan fingerprint density at radius 3 is 2.58 bits per heavy atom. The molecular formula is C22H18N2O2. The zero-order chi connectivity index (χ0) is 17.8. The Morgan fingerprint density at radius 2 is 1.81 bits per heavy atom. The lowest BCUT2D eigenvalue weighted by Gasteiger charge is -2.02. The van der Waals surface area contributed by atoms with Crippen LogP contribution in [0.15, 0.2) is 82.2 Å². The number of rotatable bonds is 5. The predicted octanol–water partition coefficient (Wildman–Crippen LogP) is 5.64. The summed E-state index contributed by atoms with van der Waals surface area (Å²) in [5.74, 6) is 1.48. The van der Waals surface area contributed by atoms with E-state index in [1.807, 2.05) is 85.9 Å². The molecule has 4 nitrogen and oxygen atoms in total. The number of nitrogens with zero attached hydrogens (tertiary/aromatic N) is 2. The molecule has 0 saturated carbocycles. The van der Waals surface area contributed by atoms with Gasteiger partial charge in [-0.15, -0.1) is 0 Å². The number of benzene rings is 3. The molecule has 1 heterocycles. The molecular weight excluding hydrogens is 324 g/mol. The van der Waals surface area contributed by atoms with Crippen LogP contribution in [0.3, 0.4) is 0 Å². The number of aliphatic imine (C=N–C) groups is 1. The maximum Gasteiger partial charge on any atom is 0.227 e. The van der Waals surface area contributed by atoms with E-state index in [1.54, 1.807) is 0 Å². The van der Waals surface area contributed by atoms with Crippen molar-refractivity contribution in [3.8, 4) is 17.2 Å². The molecule has 128 valence electrons. The molecule has 0 bridgehead atoms. The first-order valence-electron chi connectivity index (χ1n) is 8.55. The minimum absolute atomic E-state index is 0.619. The molecule has 0 saturated heterocycles. The topological polar surface area (TPSA) is 47.6 Å².